The van der Waals surface area contributed by atoms with Crippen molar-refractivity contribution in [3.05, 3.63) is 54.6 Å². The predicted molar refractivity (Wildman–Crippen MR) is 71.9 cm³/mol. The summed E-state index contributed by atoms with van der Waals surface area (Å²) in [5.74, 6) is -2.72. The Balaban J connectivity index is 3.01. The molecule has 0 spiro atoms. The van der Waals surface area contributed by atoms with Gasteiger partial charge < -0.3 is 9.47 Å². The van der Waals surface area contributed by atoms with Crippen LogP contribution in [0, 0.1) is 0 Å². The summed E-state index contributed by atoms with van der Waals surface area (Å²) in [6.07, 6.45) is 4.42. The fourth-order valence-electron chi connectivity index (χ4n) is 1.47. The lowest BCUT2D eigenvalue weighted by Gasteiger charge is -2.25. The van der Waals surface area contributed by atoms with Crippen molar-refractivity contribution in [2.24, 2.45) is 0 Å². The molecule has 4 nitrogen and oxygen atoms in total. The molecule has 4 heteroatoms. The van der Waals surface area contributed by atoms with Crippen molar-refractivity contribution in [1.82, 2.24) is 0 Å². The van der Waals surface area contributed by atoms with Crippen molar-refractivity contribution in [2.45, 2.75) is 19.6 Å². The molecule has 19 heavy (non-hydrogen) atoms. The topological polar surface area (TPSA) is 52.6 Å². The number of carbonyl (C=O) groups excluding carboxylic acids is 2. The summed E-state index contributed by atoms with van der Waals surface area (Å²) in [6.45, 7) is 6.01. The zero-order valence-corrected chi connectivity index (χ0v) is 11.0. The van der Waals surface area contributed by atoms with E-state index in [1.165, 1.54) is 26.0 Å². The van der Waals surface area contributed by atoms with E-state index in [1.807, 2.05) is 30.3 Å². The van der Waals surface area contributed by atoms with Gasteiger partial charge in [-0.1, -0.05) is 43.0 Å². The molecule has 0 fully saturated rings. The summed E-state index contributed by atoms with van der Waals surface area (Å²) in [7, 11) is 0. The molecule has 0 radical (unpaired) electrons. The highest BCUT2D eigenvalue weighted by atomic mass is 16.7. The molecule has 1 aromatic carbocycles. The van der Waals surface area contributed by atoms with Crippen LogP contribution in [0.5, 0.6) is 0 Å². The second-order valence-electron chi connectivity index (χ2n) is 3.86. The summed E-state index contributed by atoms with van der Waals surface area (Å²) in [6, 6.07) is 9.36. The Morgan fingerprint density at radius 3 is 2.05 bits per heavy atom. The molecule has 0 aliphatic heterocycles. The normalized spacial score (nSPS) is 11.1. The van der Waals surface area contributed by atoms with Crippen LogP contribution in [0.25, 0.3) is 6.08 Å². The van der Waals surface area contributed by atoms with Gasteiger partial charge in [-0.15, -0.1) is 0 Å². The quantitative estimate of drug-likeness (QED) is 0.464. The molecule has 0 unspecified atom stereocenters. The number of esters is 2. The highest BCUT2D eigenvalue weighted by Gasteiger charge is 2.30. The first-order chi connectivity index (χ1) is 8.97. The molecule has 0 amide bonds. The molecule has 0 aromatic heterocycles. The minimum absolute atomic E-state index is 0.570. The Morgan fingerprint density at radius 1 is 1.11 bits per heavy atom. The van der Waals surface area contributed by atoms with Gasteiger partial charge in [-0.05, 0) is 11.6 Å². The van der Waals surface area contributed by atoms with E-state index >= 15 is 0 Å². The highest BCUT2D eigenvalue weighted by Crippen LogP contribution is 2.19. The Bertz CT molecular complexity index is 472. The Labute approximate surface area is 112 Å². The van der Waals surface area contributed by atoms with Crippen LogP contribution in [0.4, 0.5) is 0 Å². The van der Waals surface area contributed by atoms with E-state index in [0.29, 0.717) is 0 Å². The molecule has 0 atom stereocenters. The maximum atomic E-state index is 11.1. The van der Waals surface area contributed by atoms with Crippen molar-refractivity contribution in [3.8, 4) is 0 Å². The number of hydrogen-bond acceptors (Lipinski definition) is 4. The standard InChI is InChI=1S/C15H16O4/c1-4-15(18-12(2)16,19-13(3)17)11-10-14-8-6-5-7-9-14/h4-11H,1H2,2-3H3. The average molecular weight is 260 g/mol. The first kappa shape index (κ1) is 14.7. The van der Waals surface area contributed by atoms with Gasteiger partial charge >= 0.3 is 11.9 Å². The molecule has 0 saturated heterocycles. The third kappa shape index (κ3) is 4.79. The molecule has 0 saturated carbocycles. The van der Waals surface area contributed by atoms with Gasteiger partial charge in [0, 0.05) is 19.9 Å². The van der Waals surface area contributed by atoms with Crippen molar-refractivity contribution < 1.29 is 19.1 Å². The Kier molecular flexibility index (Phi) is 5.06. The first-order valence-corrected chi connectivity index (χ1v) is 5.74. The number of hydrogen-bond donors (Lipinski definition) is 0. The maximum absolute atomic E-state index is 11.1. The van der Waals surface area contributed by atoms with Crippen LogP contribution in [0.2, 0.25) is 0 Å². The third-order valence-corrected chi connectivity index (χ3v) is 2.20. The van der Waals surface area contributed by atoms with Crippen LogP contribution in [-0.4, -0.2) is 17.7 Å². The zero-order valence-electron chi connectivity index (χ0n) is 11.0. The Morgan fingerprint density at radius 2 is 1.63 bits per heavy atom. The van der Waals surface area contributed by atoms with E-state index in [2.05, 4.69) is 6.58 Å². The van der Waals surface area contributed by atoms with Gasteiger partial charge in [-0.3, -0.25) is 9.59 Å². The van der Waals surface area contributed by atoms with Gasteiger partial charge in [0.1, 0.15) is 0 Å². The maximum Gasteiger partial charge on any atom is 0.306 e. The average Bonchev–Trinajstić information content (AvgIpc) is 2.36. The van der Waals surface area contributed by atoms with E-state index in [0.717, 1.165) is 5.56 Å². The van der Waals surface area contributed by atoms with Crippen LogP contribution in [-0.2, 0) is 19.1 Å². The summed E-state index contributed by atoms with van der Waals surface area (Å²) < 4.78 is 10.1. The van der Waals surface area contributed by atoms with Gasteiger partial charge in [0.05, 0.1) is 0 Å². The summed E-state index contributed by atoms with van der Waals surface area (Å²) in [5.41, 5.74) is 0.882. The molecule has 0 bridgehead atoms. The lowest BCUT2D eigenvalue weighted by molar-refractivity contribution is -0.194. The summed E-state index contributed by atoms with van der Waals surface area (Å²) in [4.78, 5) is 22.2. The summed E-state index contributed by atoms with van der Waals surface area (Å²) >= 11 is 0. The molecule has 1 aromatic rings. The van der Waals surface area contributed by atoms with E-state index in [4.69, 9.17) is 9.47 Å². The Hall–Kier alpha value is -2.36. The monoisotopic (exact) mass is 260 g/mol. The van der Waals surface area contributed by atoms with Crippen LogP contribution >= 0.6 is 0 Å². The highest BCUT2D eigenvalue weighted by molar-refractivity contribution is 5.70. The van der Waals surface area contributed by atoms with Gasteiger partial charge in [-0.2, -0.15) is 0 Å². The second-order valence-corrected chi connectivity index (χ2v) is 3.86. The third-order valence-electron chi connectivity index (χ3n) is 2.20. The number of carbonyl (C=O) groups is 2. The van der Waals surface area contributed by atoms with Crippen LogP contribution in [0.1, 0.15) is 19.4 Å². The van der Waals surface area contributed by atoms with E-state index < -0.39 is 17.7 Å². The summed E-state index contributed by atoms with van der Waals surface area (Å²) in [5, 5.41) is 0. The lowest BCUT2D eigenvalue weighted by atomic mass is 10.1. The SMILES string of the molecule is C=CC(C=Cc1ccccc1)(OC(C)=O)OC(C)=O. The van der Waals surface area contributed by atoms with Gasteiger partial charge in [0.2, 0.25) is 0 Å². The molecular formula is C15H16O4. The fraction of sp³-hybridized carbons (Fsp3) is 0.200. The smallest absolute Gasteiger partial charge is 0.306 e. The van der Waals surface area contributed by atoms with Crippen molar-refractivity contribution in [1.29, 1.82) is 0 Å². The van der Waals surface area contributed by atoms with Crippen molar-refractivity contribution in [2.75, 3.05) is 0 Å². The van der Waals surface area contributed by atoms with E-state index in [-0.39, 0.29) is 0 Å². The van der Waals surface area contributed by atoms with Crippen molar-refractivity contribution in [3.63, 3.8) is 0 Å². The second kappa shape index (κ2) is 6.54. The molecule has 0 aliphatic carbocycles. The zero-order chi connectivity index (χ0) is 14.3. The number of ether oxygens (including phenoxy) is 2. The molecular weight excluding hydrogens is 244 g/mol. The number of benzene rings is 1. The van der Waals surface area contributed by atoms with Gasteiger partial charge in [0.25, 0.3) is 5.79 Å². The minimum atomic E-state index is -1.58. The van der Waals surface area contributed by atoms with E-state index in [9.17, 15) is 9.59 Å². The molecule has 100 valence electrons. The fourth-order valence-corrected chi connectivity index (χ4v) is 1.47. The number of rotatable bonds is 5. The van der Waals surface area contributed by atoms with Crippen LogP contribution < -0.4 is 0 Å². The predicted octanol–water partition coefficient (Wildman–Crippen LogP) is 2.71. The van der Waals surface area contributed by atoms with Crippen LogP contribution in [0.15, 0.2) is 49.1 Å². The lowest BCUT2D eigenvalue weighted by Crippen LogP contribution is -2.34. The van der Waals surface area contributed by atoms with Gasteiger partial charge in [0.15, 0.2) is 0 Å². The molecule has 0 N–H and O–H groups in total. The van der Waals surface area contributed by atoms with Crippen LogP contribution in [0.3, 0.4) is 0 Å². The van der Waals surface area contributed by atoms with Crippen molar-refractivity contribution >= 4 is 18.0 Å². The minimum Gasteiger partial charge on any atom is -0.415 e. The largest absolute Gasteiger partial charge is 0.415 e. The molecule has 1 rings (SSSR count). The van der Waals surface area contributed by atoms with Gasteiger partial charge in [-0.25, -0.2) is 0 Å². The first-order valence-electron chi connectivity index (χ1n) is 5.74. The van der Waals surface area contributed by atoms with E-state index in [1.54, 1.807) is 6.08 Å². The molecule has 0 heterocycles. The molecule has 0 aliphatic rings.